The highest BCUT2D eigenvalue weighted by atomic mass is 32.1. The van der Waals surface area contributed by atoms with Gasteiger partial charge in [-0.25, -0.2) is 0 Å². The lowest BCUT2D eigenvalue weighted by Gasteiger charge is -2.27. The monoisotopic (exact) mass is 276 g/mol. The van der Waals surface area contributed by atoms with Crippen molar-refractivity contribution in [3.05, 3.63) is 46.2 Å². The largest absolute Gasteiger partial charge is 0.397 e. The van der Waals surface area contributed by atoms with E-state index in [1.54, 1.807) is 17.4 Å². The van der Waals surface area contributed by atoms with E-state index in [1.165, 1.54) is 0 Å². The van der Waals surface area contributed by atoms with Crippen LogP contribution in [0.3, 0.4) is 0 Å². The van der Waals surface area contributed by atoms with E-state index in [0.717, 1.165) is 10.4 Å². The van der Waals surface area contributed by atoms with E-state index >= 15 is 0 Å². The Kier molecular flexibility index (Phi) is 2.97. The molecule has 100 valence electrons. The van der Waals surface area contributed by atoms with Gasteiger partial charge in [0.05, 0.1) is 29.0 Å². The number of hydrogen-bond acceptors (Lipinski definition) is 5. The standard InChI is InChI=1S/C14H16N2O2S/c1-9-8-17-14(18-9,13-3-2-6-19-13)10-4-5-11(15)12(16)7-10/h2-7,9H,8,15-16H2,1H3. The van der Waals surface area contributed by atoms with Gasteiger partial charge in [0.25, 0.3) is 0 Å². The fourth-order valence-electron chi connectivity index (χ4n) is 2.25. The van der Waals surface area contributed by atoms with Crippen molar-refractivity contribution in [3.63, 3.8) is 0 Å². The predicted octanol–water partition coefficient (Wildman–Crippen LogP) is 2.55. The third kappa shape index (κ3) is 2.00. The van der Waals surface area contributed by atoms with Crippen LogP contribution in [-0.2, 0) is 15.3 Å². The maximum Gasteiger partial charge on any atom is 0.232 e. The molecular formula is C14H16N2O2S. The van der Waals surface area contributed by atoms with Crippen molar-refractivity contribution in [1.29, 1.82) is 0 Å². The van der Waals surface area contributed by atoms with Gasteiger partial charge in [-0.2, -0.15) is 0 Å². The van der Waals surface area contributed by atoms with E-state index in [1.807, 2.05) is 36.6 Å². The van der Waals surface area contributed by atoms with Crippen molar-refractivity contribution in [2.24, 2.45) is 0 Å². The third-order valence-electron chi connectivity index (χ3n) is 3.20. The lowest BCUT2D eigenvalue weighted by molar-refractivity contribution is -0.137. The van der Waals surface area contributed by atoms with Crippen LogP contribution >= 0.6 is 11.3 Å². The Labute approximate surface area is 115 Å². The van der Waals surface area contributed by atoms with E-state index in [0.29, 0.717) is 18.0 Å². The molecule has 0 amide bonds. The van der Waals surface area contributed by atoms with Gasteiger partial charge in [-0.15, -0.1) is 11.3 Å². The molecule has 5 heteroatoms. The Morgan fingerprint density at radius 3 is 2.68 bits per heavy atom. The lowest BCUT2D eigenvalue weighted by Crippen LogP contribution is -2.28. The number of anilines is 2. The molecular weight excluding hydrogens is 260 g/mol. The molecule has 0 aliphatic carbocycles. The molecule has 2 unspecified atom stereocenters. The second-order valence-electron chi connectivity index (χ2n) is 4.68. The number of rotatable bonds is 2. The van der Waals surface area contributed by atoms with Gasteiger partial charge < -0.3 is 20.9 Å². The molecule has 4 N–H and O–H groups in total. The smallest absolute Gasteiger partial charge is 0.232 e. The van der Waals surface area contributed by atoms with Gasteiger partial charge in [0.2, 0.25) is 5.79 Å². The first-order chi connectivity index (χ1) is 9.12. The summed E-state index contributed by atoms with van der Waals surface area (Å²) in [5.41, 5.74) is 13.7. The molecule has 0 saturated carbocycles. The minimum absolute atomic E-state index is 0.0425. The number of benzene rings is 1. The number of ether oxygens (including phenoxy) is 2. The SMILES string of the molecule is CC1COC(c2ccc(N)c(N)c2)(c2cccs2)O1. The second-order valence-corrected chi connectivity index (χ2v) is 5.62. The molecule has 1 aromatic heterocycles. The predicted molar refractivity (Wildman–Crippen MR) is 76.9 cm³/mol. The number of hydrogen-bond donors (Lipinski definition) is 2. The first kappa shape index (κ1) is 12.5. The fraction of sp³-hybridized carbons (Fsp3) is 0.286. The minimum Gasteiger partial charge on any atom is -0.397 e. The molecule has 1 saturated heterocycles. The summed E-state index contributed by atoms with van der Waals surface area (Å²) in [4.78, 5) is 1.01. The molecule has 1 aromatic carbocycles. The summed E-state index contributed by atoms with van der Waals surface area (Å²) in [7, 11) is 0. The second kappa shape index (κ2) is 4.52. The van der Waals surface area contributed by atoms with Crippen molar-refractivity contribution < 1.29 is 9.47 Å². The van der Waals surface area contributed by atoms with E-state index < -0.39 is 5.79 Å². The van der Waals surface area contributed by atoms with Crippen LogP contribution in [0, 0.1) is 0 Å². The van der Waals surface area contributed by atoms with Crippen molar-refractivity contribution in [2.75, 3.05) is 18.1 Å². The summed E-state index contributed by atoms with van der Waals surface area (Å²) in [6.45, 7) is 2.55. The number of nitrogens with two attached hydrogens (primary N) is 2. The Bertz CT molecular complexity index is 585. The van der Waals surface area contributed by atoms with Crippen molar-refractivity contribution >= 4 is 22.7 Å². The Balaban J connectivity index is 2.12. The first-order valence-corrected chi connectivity index (χ1v) is 7.01. The summed E-state index contributed by atoms with van der Waals surface area (Å²) in [5, 5.41) is 2.01. The Morgan fingerprint density at radius 2 is 2.11 bits per heavy atom. The molecule has 2 aromatic rings. The summed E-state index contributed by atoms with van der Waals surface area (Å²) in [5.74, 6) is -0.852. The molecule has 1 aliphatic rings. The Morgan fingerprint density at radius 1 is 1.26 bits per heavy atom. The summed E-state index contributed by atoms with van der Waals surface area (Å²) in [6, 6.07) is 9.51. The highest BCUT2D eigenvalue weighted by molar-refractivity contribution is 7.10. The molecule has 0 spiro atoms. The van der Waals surface area contributed by atoms with E-state index in [-0.39, 0.29) is 6.10 Å². The summed E-state index contributed by atoms with van der Waals surface area (Å²) < 4.78 is 12.0. The fourth-order valence-corrected chi connectivity index (χ4v) is 3.10. The van der Waals surface area contributed by atoms with Gasteiger partial charge in [0.1, 0.15) is 0 Å². The van der Waals surface area contributed by atoms with Gasteiger partial charge in [0.15, 0.2) is 0 Å². The molecule has 0 radical (unpaired) electrons. The van der Waals surface area contributed by atoms with Gasteiger partial charge >= 0.3 is 0 Å². The first-order valence-electron chi connectivity index (χ1n) is 6.13. The van der Waals surface area contributed by atoms with Gasteiger partial charge in [0, 0.05) is 5.56 Å². The molecule has 4 nitrogen and oxygen atoms in total. The minimum atomic E-state index is -0.852. The van der Waals surface area contributed by atoms with Gasteiger partial charge in [-0.3, -0.25) is 0 Å². The van der Waals surface area contributed by atoms with Crippen LogP contribution < -0.4 is 11.5 Å². The van der Waals surface area contributed by atoms with Crippen LogP contribution in [-0.4, -0.2) is 12.7 Å². The molecule has 3 rings (SSSR count). The highest BCUT2D eigenvalue weighted by Crippen LogP contribution is 2.43. The summed E-state index contributed by atoms with van der Waals surface area (Å²) >= 11 is 1.60. The normalized spacial score (nSPS) is 26.7. The van der Waals surface area contributed by atoms with Gasteiger partial charge in [-0.05, 0) is 30.5 Å². The number of nitrogen functional groups attached to an aromatic ring is 2. The molecule has 1 aliphatic heterocycles. The number of thiophene rings is 1. The molecule has 1 fully saturated rings. The maximum atomic E-state index is 6.07. The van der Waals surface area contributed by atoms with Crippen LogP contribution in [0.15, 0.2) is 35.7 Å². The average Bonchev–Trinajstić information content (AvgIpc) is 3.02. The molecule has 19 heavy (non-hydrogen) atoms. The van der Waals surface area contributed by atoms with Crippen LogP contribution in [0.2, 0.25) is 0 Å². The quantitative estimate of drug-likeness (QED) is 0.827. The van der Waals surface area contributed by atoms with Crippen LogP contribution in [0.4, 0.5) is 11.4 Å². The molecule has 0 bridgehead atoms. The Hall–Kier alpha value is -1.56. The van der Waals surface area contributed by atoms with E-state index in [2.05, 4.69) is 0 Å². The van der Waals surface area contributed by atoms with Crippen molar-refractivity contribution in [1.82, 2.24) is 0 Å². The van der Waals surface area contributed by atoms with Crippen LogP contribution in [0.25, 0.3) is 0 Å². The van der Waals surface area contributed by atoms with Gasteiger partial charge in [-0.1, -0.05) is 12.1 Å². The topological polar surface area (TPSA) is 70.5 Å². The van der Waals surface area contributed by atoms with E-state index in [9.17, 15) is 0 Å². The summed E-state index contributed by atoms with van der Waals surface area (Å²) in [6.07, 6.45) is 0.0425. The zero-order chi connectivity index (χ0) is 13.5. The average molecular weight is 276 g/mol. The van der Waals surface area contributed by atoms with Crippen LogP contribution in [0.1, 0.15) is 17.4 Å². The maximum absolute atomic E-state index is 6.07. The van der Waals surface area contributed by atoms with E-state index in [4.69, 9.17) is 20.9 Å². The van der Waals surface area contributed by atoms with Crippen molar-refractivity contribution in [2.45, 2.75) is 18.8 Å². The molecule has 2 heterocycles. The lowest BCUT2D eigenvalue weighted by atomic mass is 10.0. The highest BCUT2D eigenvalue weighted by Gasteiger charge is 2.44. The zero-order valence-electron chi connectivity index (χ0n) is 10.6. The van der Waals surface area contributed by atoms with Crippen LogP contribution in [0.5, 0.6) is 0 Å². The van der Waals surface area contributed by atoms with Crippen molar-refractivity contribution in [3.8, 4) is 0 Å². The molecule has 2 atom stereocenters. The zero-order valence-corrected chi connectivity index (χ0v) is 11.4. The third-order valence-corrected chi connectivity index (χ3v) is 4.15.